The van der Waals surface area contributed by atoms with Crippen molar-refractivity contribution in [2.24, 2.45) is 10.2 Å². The number of benzene rings is 2. The van der Waals surface area contributed by atoms with Gasteiger partial charge in [-0.3, -0.25) is 9.59 Å². The zero-order chi connectivity index (χ0) is 24.1. The topological polar surface area (TPSA) is 104 Å². The molecule has 33 heavy (non-hydrogen) atoms. The van der Waals surface area contributed by atoms with Crippen molar-refractivity contribution in [3.63, 3.8) is 0 Å². The van der Waals surface area contributed by atoms with Gasteiger partial charge in [0.15, 0.2) is 0 Å². The Morgan fingerprint density at radius 3 is 2.15 bits per heavy atom. The highest BCUT2D eigenvalue weighted by Crippen LogP contribution is 2.21. The first-order chi connectivity index (χ1) is 15.9. The molecule has 2 rings (SSSR count). The summed E-state index contributed by atoms with van der Waals surface area (Å²) < 4.78 is 4.99. The largest absolute Gasteiger partial charge is 0.463 e. The number of aliphatic hydroxyl groups excluding tert-OH is 1. The van der Waals surface area contributed by atoms with E-state index < -0.39 is 6.10 Å². The van der Waals surface area contributed by atoms with Gasteiger partial charge in [-0.15, -0.1) is 0 Å². The highest BCUT2D eigenvalue weighted by atomic mass is 16.5. The van der Waals surface area contributed by atoms with Gasteiger partial charge in [-0.1, -0.05) is 13.3 Å². The number of nitrogens with one attached hydrogen (secondary N) is 1. The molecule has 0 saturated heterocycles. The lowest BCUT2D eigenvalue weighted by atomic mass is 10.1. The number of carbonyl (C=O) groups is 2. The zero-order valence-corrected chi connectivity index (χ0v) is 19.7. The van der Waals surface area contributed by atoms with Crippen LogP contribution in [0.3, 0.4) is 0 Å². The van der Waals surface area contributed by atoms with Gasteiger partial charge >= 0.3 is 5.97 Å². The lowest BCUT2D eigenvalue weighted by Crippen LogP contribution is -2.24. The summed E-state index contributed by atoms with van der Waals surface area (Å²) in [6.07, 6.45) is 2.55. The predicted octanol–water partition coefficient (Wildman–Crippen LogP) is 4.77. The average molecular weight is 455 g/mol. The van der Waals surface area contributed by atoms with E-state index in [-0.39, 0.29) is 18.5 Å². The Hall–Kier alpha value is -3.26. The normalized spacial score (nSPS) is 11.9. The van der Waals surface area contributed by atoms with Crippen molar-refractivity contribution in [1.82, 2.24) is 5.32 Å². The monoisotopic (exact) mass is 454 g/mol. The number of esters is 1. The number of amides is 1. The molecule has 2 aromatic carbocycles. The summed E-state index contributed by atoms with van der Waals surface area (Å²) in [5.74, 6) is -0.444. The number of unbranched alkanes of at least 4 members (excludes halogenated alkanes) is 2. The quantitative estimate of drug-likeness (QED) is 0.258. The minimum absolute atomic E-state index is 0.0510. The van der Waals surface area contributed by atoms with E-state index in [0.717, 1.165) is 24.2 Å². The maximum absolute atomic E-state index is 12.3. The van der Waals surface area contributed by atoms with Gasteiger partial charge in [0.1, 0.15) is 6.61 Å². The van der Waals surface area contributed by atoms with Crippen molar-refractivity contribution >= 4 is 28.9 Å². The maximum Gasteiger partial charge on any atom is 0.305 e. The van der Waals surface area contributed by atoms with Crippen LogP contribution in [0.5, 0.6) is 0 Å². The van der Waals surface area contributed by atoms with Crippen molar-refractivity contribution < 1.29 is 19.4 Å². The average Bonchev–Trinajstić information content (AvgIpc) is 2.83. The molecule has 0 aromatic heterocycles. The standard InChI is InChI=1S/C25H34N4O4/c1-4-23(30)18-33-24(31)8-6-5-7-17-26-25(32)19-9-11-20(12-10-19)27-28-21-13-15-22(16-14-21)29(2)3/h9-16,23,30H,4-8,17-18H2,1-3H3,(H,26,32). The molecule has 8 nitrogen and oxygen atoms in total. The molecule has 2 aromatic rings. The third-order valence-corrected chi connectivity index (χ3v) is 5.03. The molecule has 0 aliphatic heterocycles. The second kappa shape index (κ2) is 14.0. The Labute approximate surface area is 195 Å². The van der Waals surface area contributed by atoms with Crippen LogP contribution in [-0.4, -0.2) is 50.3 Å². The van der Waals surface area contributed by atoms with Crippen molar-refractivity contribution in [2.75, 3.05) is 32.1 Å². The molecule has 2 N–H and O–H groups in total. The van der Waals surface area contributed by atoms with Crippen molar-refractivity contribution in [1.29, 1.82) is 0 Å². The fourth-order valence-electron chi connectivity index (χ4n) is 2.87. The number of anilines is 1. The Morgan fingerprint density at radius 1 is 0.970 bits per heavy atom. The summed E-state index contributed by atoms with van der Waals surface area (Å²) in [7, 11) is 3.96. The highest BCUT2D eigenvalue weighted by molar-refractivity contribution is 5.94. The fourth-order valence-corrected chi connectivity index (χ4v) is 2.87. The number of ether oxygens (including phenoxy) is 1. The van der Waals surface area contributed by atoms with E-state index in [0.29, 0.717) is 37.1 Å². The van der Waals surface area contributed by atoms with Gasteiger partial charge in [0.05, 0.1) is 17.5 Å². The van der Waals surface area contributed by atoms with Gasteiger partial charge in [-0.25, -0.2) is 0 Å². The first-order valence-electron chi connectivity index (χ1n) is 11.3. The summed E-state index contributed by atoms with van der Waals surface area (Å²) in [6, 6.07) is 14.7. The van der Waals surface area contributed by atoms with Crippen LogP contribution in [0.15, 0.2) is 58.8 Å². The Bertz CT molecular complexity index is 896. The molecule has 8 heteroatoms. The zero-order valence-electron chi connectivity index (χ0n) is 19.7. The van der Waals surface area contributed by atoms with Crippen LogP contribution in [0.2, 0.25) is 0 Å². The minimum atomic E-state index is -0.596. The molecule has 0 aliphatic carbocycles. The van der Waals surface area contributed by atoms with E-state index in [9.17, 15) is 14.7 Å². The molecule has 0 radical (unpaired) electrons. The number of hydrogen-bond donors (Lipinski definition) is 2. The molecule has 1 atom stereocenters. The van der Waals surface area contributed by atoms with E-state index in [1.165, 1.54) is 0 Å². The molecule has 0 fully saturated rings. The van der Waals surface area contributed by atoms with E-state index >= 15 is 0 Å². The van der Waals surface area contributed by atoms with Gasteiger partial charge < -0.3 is 20.1 Å². The number of aliphatic hydroxyl groups is 1. The molecule has 0 bridgehead atoms. The summed E-state index contributed by atoms with van der Waals surface area (Å²) >= 11 is 0. The first kappa shape index (κ1) is 26.0. The van der Waals surface area contributed by atoms with E-state index in [2.05, 4.69) is 15.5 Å². The van der Waals surface area contributed by atoms with E-state index in [1.807, 2.05) is 50.2 Å². The molecule has 178 valence electrons. The van der Waals surface area contributed by atoms with Gasteiger partial charge in [0.25, 0.3) is 5.91 Å². The van der Waals surface area contributed by atoms with Crippen molar-refractivity contribution in [3.8, 4) is 0 Å². The smallest absolute Gasteiger partial charge is 0.305 e. The number of nitrogens with zero attached hydrogens (tertiary/aromatic N) is 3. The van der Waals surface area contributed by atoms with E-state index in [4.69, 9.17) is 4.74 Å². The number of hydrogen-bond acceptors (Lipinski definition) is 7. The number of azo groups is 1. The van der Waals surface area contributed by atoms with Gasteiger partial charge in [0.2, 0.25) is 0 Å². The number of carbonyl (C=O) groups excluding carboxylic acids is 2. The van der Waals surface area contributed by atoms with Crippen LogP contribution in [0.1, 0.15) is 49.4 Å². The van der Waals surface area contributed by atoms with Gasteiger partial charge in [-0.05, 0) is 67.8 Å². The van der Waals surface area contributed by atoms with Gasteiger partial charge in [-0.2, -0.15) is 10.2 Å². The van der Waals surface area contributed by atoms with Crippen molar-refractivity contribution in [2.45, 2.75) is 45.1 Å². The highest BCUT2D eigenvalue weighted by Gasteiger charge is 2.08. The van der Waals surface area contributed by atoms with Crippen LogP contribution in [0.4, 0.5) is 17.1 Å². The third-order valence-electron chi connectivity index (χ3n) is 5.03. The van der Waals surface area contributed by atoms with Crippen LogP contribution in [-0.2, 0) is 9.53 Å². The maximum atomic E-state index is 12.3. The van der Waals surface area contributed by atoms with E-state index in [1.54, 1.807) is 24.3 Å². The Kier molecular flexibility index (Phi) is 11.0. The lowest BCUT2D eigenvalue weighted by molar-refractivity contribution is -0.146. The molecule has 0 saturated carbocycles. The summed E-state index contributed by atoms with van der Waals surface area (Å²) in [4.78, 5) is 25.9. The second-order valence-corrected chi connectivity index (χ2v) is 7.97. The van der Waals surface area contributed by atoms with Crippen molar-refractivity contribution in [3.05, 3.63) is 54.1 Å². The Balaban J connectivity index is 1.66. The molecular formula is C25H34N4O4. The molecule has 1 unspecified atom stereocenters. The molecular weight excluding hydrogens is 420 g/mol. The van der Waals surface area contributed by atoms with Crippen LogP contribution in [0.25, 0.3) is 0 Å². The van der Waals surface area contributed by atoms with Crippen LogP contribution < -0.4 is 10.2 Å². The number of rotatable bonds is 13. The first-order valence-corrected chi connectivity index (χ1v) is 11.3. The predicted molar refractivity (Wildman–Crippen MR) is 129 cm³/mol. The fraction of sp³-hybridized carbons (Fsp3) is 0.440. The second-order valence-electron chi connectivity index (χ2n) is 7.97. The summed E-state index contributed by atoms with van der Waals surface area (Å²) in [6.45, 7) is 2.42. The molecule has 1 amide bonds. The van der Waals surface area contributed by atoms with Gasteiger partial charge in [0, 0.05) is 38.3 Å². The summed E-state index contributed by atoms with van der Waals surface area (Å²) in [5, 5.41) is 20.7. The minimum Gasteiger partial charge on any atom is -0.463 e. The molecule has 0 spiro atoms. The molecule has 0 heterocycles. The lowest BCUT2D eigenvalue weighted by Gasteiger charge is -2.11. The van der Waals surface area contributed by atoms with Crippen LogP contribution in [0, 0.1) is 0 Å². The van der Waals surface area contributed by atoms with Crippen LogP contribution >= 0.6 is 0 Å². The Morgan fingerprint density at radius 2 is 1.58 bits per heavy atom. The molecule has 0 aliphatic rings. The SMILES string of the molecule is CCC(O)COC(=O)CCCCCNC(=O)c1ccc(N=Nc2ccc(N(C)C)cc2)cc1. The third kappa shape index (κ3) is 9.82. The summed E-state index contributed by atoms with van der Waals surface area (Å²) in [5.41, 5.74) is 3.08.